The lowest BCUT2D eigenvalue weighted by molar-refractivity contribution is -0.870. The third kappa shape index (κ3) is 64.5. The van der Waals surface area contributed by atoms with Crippen LogP contribution in [0.1, 0.15) is 284 Å². The summed E-state index contributed by atoms with van der Waals surface area (Å²) in [4.78, 5) is 23.4. The van der Waals surface area contributed by atoms with Crippen LogP contribution in [0.5, 0.6) is 0 Å². The molecule has 0 saturated heterocycles. The van der Waals surface area contributed by atoms with Crippen LogP contribution in [-0.2, 0) is 18.4 Å². The Labute approximate surface area is 507 Å². The normalized spacial score (nSPS) is 14.5. The molecule has 0 aromatic carbocycles. The van der Waals surface area contributed by atoms with Crippen molar-refractivity contribution in [3.05, 3.63) is 122 Å². The van der Waals surface area contributed by atoms with E-state index in [0.29, 0.717) is 17.4 Å². The summed E-state index contributed by atoms with van der Waals surface area (Å²) in [7, 11) is 1.54. The second-order valence-corrected chi connectivity index (χ2v) is 25.3. The van der Waals surface area contributed by atoms with Gasteiger partial charge in [-0.25, -0.2) is 4.57 Å². The van der Waals surface area contributed by atoms with Gasteiger partial charge in [0.1, 0.15) is 13.2 Å². The van der Waals surface area contributed by atoms with E-state index in [1.165, 1.54) is 161 Å². The number of carbonyl (C=O) groups is 1. The van der Waals surface area contributed by atoms with Gasteiger partial charge in [-0.2, -0.15) is 0 Å². The van der Waals surface area contributed by atoms with Gasteiger partial charge in [0.05, 0.1) is 39.9 Å². The number of aliphatic hydroxyl groups excluding tert-OH is 1. The maximum absolute atomic E-state index is 13.0. The van der Waals surface area contributed by atoms with Crippen molar-refractivity contribution in [3.8, 4) is 0 Å². The number of nitrogens with one attached hydrogen (secondary N) is 1. The van der Waals surface area contributed by atoms with Gasteiger partial charge >= 0.3 is 7.82 Å². The van der Waals surface area contributed by atoms with Crippen molar-refractivity contribution in [1.29, 1.82) is 0 Å². The first kappa shape index (κ1) is 78.9. The monoisotopic (exact) mass is 1160 g/mol. The van der Waals surface area contributed by atoms with Crippen molar-refractivity contribution in [1.82, 2.24) is 5.32 Å². The molecule has 0 spiro atoms. The average Bonchev–Trinajstić information content (AvgIpc) is 3.47. The van der Waals surface area contributed by atoms with Gasteiger partial charge < -0.3 is 19.8 Å². The van der Waals surface area contributed by atoms with Crippen LogP contribution >= 0.6 is 7.82 Å². The number of hydrogen-bond donors (Lipinski definition) is 3. The zero-order valence-corrected chi connectivity index (χ0v) is 54.8. The standard InChI is InChI=1S/C73H129N2O6P/c1-6-8-10-12-14-16-18-20-22-24-26-28-30-32-34-35-36-37-38-39-41-43-45-47-49-51-53-55-57-59-61-63-65-67-73(77)74-71(70-81-82(78,79)80-69-68-75(3,4)5)72(76)66-64-62-60-58-56-54-52-50-48-46-44-42-40-33-31-29-27-25-23-21-19-17-15-13-11-9-7-2/h8,10,14,16,20,22,26,28,32,34,36-37,39,41,45,47,56,58,64,66,71-72,76H,6-7,9,11-13,15,17-19,21,23-25,27,29-31,33,35,38,40,42-44,46,48-55,57,59-63,65,67-70H2,1-5H3,(H-,74,77,78,79)/p+1/b10-8-,16-14-,22-20-,28-26-,34-32-,37-36-,41-39-,47-45-,58-56+,66-64+. The molecule has 3 N–H and O–H groups in total. The number of aliphatic hydroxyl groups is 1. The minimum absolute atomic E-state index is 0.0486. The fourth-order valence-electron chi connectivity index (χ4n) is 9.43. The largest absolute Gasteiger partial charge is 0.472 e. The number of likely N-dealkylation sites (N-methyl/N-ethyl adjacent to an activating group) is 1. The van der Waals surface area contributed by atoms with E-state index in [2.05, 4.69) is 129 Å². The summed E-state index contributed by atoms with van der Waals surface area (Å²) >= 11 is 0. The molecule has 0 aromatic rings. The molecule has 8 nitrogen and oxygen atoms in total. The summed E-state index contributed by atoms with van der Waals surface area (Å²) < 4.78 is 23.8. The summed E-state index contributed by atoms with van der Waals surface area (Å²) in [5.74, 6) is -0.198. The molecular weight excluding hydrogens is 1030 g/mol. The van der Waals surface area contributed by atoms with Gasteiger partial charge in [0.2, 0.25) is 5.91 Å². The van der Waals surface area contributed by atoms with Crippen LogP contribution in [0.4, 0.5) is 0 Å². The van der Waals surface area contributed by atoms with Crippen molar-refractivity contribution in [2.24, 2.45) is 0 Å². The highest BCUT2D eigenvalue weighted by atomic mass is 31.2. The highest BCUT2D eigenvalue weighted by Gasteiger charge is 2.28. The predicted molar refractivity (Wildman–Crippen MR) is 359 cm³/mol. The third-order valence-electron chi connectivity index (χ3n) is 14.7. The Morgan fingerprint density at radius 1 is 0.427 bits per heavy atom. The molecule has 0 aliphatic rings. The maximum Gasteiger partial charge on any atom is 0.472 e. The second kappa shape index (κ2) is 62.4. The van der Waals surface area contributed by atoms with Gasteiger partial charge in [-0.05, 0) is 96.3 Å². The molecule has 82 heavy (non-hydrogen) atoms. The van der Waals surface area contributed by atoms with Crippen LogP contribution in [0.2, 0.25) is 0 Å². The Kier molecular flexibility index (Phi) is 60.1. The zero-order valence-electron chi connectivity index (χ0n) is 53.9. The molecule has 9 heteroatoms. The third-order valence-corrected chi connectivity index (χ3v) is 15.6. The predicted octanol–water partition coefficient (Wildman–Crippen LogP) is 21.7. The van der Waals surface area contributed by atoms with E-state index in [1.807, 2.05) is 27.2 Å². The molecule has 0 saturated carbocycles. The Morgan fingerprint density at radius 3 is 1.12 bits per heavy atom. The quantitative estimate of drug-likeness (QED) is 0.0243. The lowest BCUT2D eigenvalue weighted by Gasteiger charge is -2.25. The maximum atomic E-state index is 13.0. The molecule has 1 amide bonds. The van der Waals surface area contributed by atoms with Gasteiger partial charge in [-0.1, -0.05) is 302 Å². The Hall–Kier alpha value is -3.10. The van der Waals surface area contributed by atoms with E-state index in [-0.39, 0.29) is 19.1 Å². The fourth-order valence-corrected chi connectivity index (χ4v) is 10.2. The van der Waals surface area contributed by atoms with Gasteiger partial charge in [0.25, 0.3) is 0 Å². The number of quaternary nitrogens is 1. The summed E-state index contributed by atoms with van der Waals surface area (Å²) in [6.45, 7) is 4.69. The number of hydrogen-bond acceptors (Lipinski definition) is 5. The molecule has 0 fully saturated rings. The number of phosphoric ester groups is 1. The number of allylic oxidation sites excluding steroid dienone is 19. The molecule has 0 aliphatic heterocycles. The number of carbonyl (C=O) groups excluding carboxylic acids is 1. The molecular formula is C73H130N2O6P+. The summed E-state index contributed by atoms with van der Waals surface area (Å²) in [5, 5.41) is 14.0. The van der Waals surface area contributed by atoms with E-state index in [9.17, 15) is 19.4 Å². The summed E-state index contributed by atoms with van der Waals surface area (Å²) in [6.07, 6.45) is 93.3. The topological polar surface area (TPSA) is 105 Å². The van der Waals surface area contributed by atoms with Crippen molar-refractivity contribution in [3.63, 3.8) is 0 Å². The zero-order chi connectivity index (χ0) is 59.8. The van der Waals surface area contributed by atoms with Gasteiger partial charge in [0.15, 0.2) is 0 Å². The first-order valence-corrected chi connectivity index (χ1v) is 35.4. The number of amides is 1. The summed E-state index contributed by atoms with van der Waals surface area (Å²) in [6, 6.07) is -0.879. The van der Waals surface area contributed by atoms with Crippen LogP contribution in [0.15, 0.2) is 122 Å². The lowest BCUT2D eigenvalue weighted by Crippen LogP contribution is -2.45. The van der Waals surface area contributed by atoms with Crippen molar-refractivity contribution >= 4 is 13.7 Å². The van der Waals surface area contributed by atoms with E-state index >= 15 is 0 Å². The molecule has 3 atom stereocenters. The summed E-state index contributed by atoms with van der Waals surface area (Å²) in [5.41, 5.74) is 0. The molecule has 0 bridgehead atoms. The highest BCUT2D eigenvalue weighted by molar-refractivity contribution is 7.47. The lowest BCUT2D eigenvalue weighted by atomic mass is 10.0. The van der Waals surface area contributed by atoms with Crippen LogP contribution in [-0.4, -0.2) is 73.4 Å². The highest BCUT2D eigenvalue weighted by Crippen LogP contribution is 2.43. The van der Waals surface area contributed by atoms with Crippen LogP contribution in [0, 0.1) is 0 Å². The smallest absolute Gasteiger partial charge is 0.387 e. The molecule has 0 radical (unpaired) electrons. The number of nitrogens with zero attached hydrogens (tertiary/aromatic N) is 1. The van der Waals surface area contributed by atoms with Crippen LogP contribution in [0.25, 0.3) is 0 Å². The fraction of sp³-hybridized carbons (Fsp3) is 0.712. The minimum atomic E-state index is -4.37. The molecule has 472 valence electrons. The average molecular weight is 1160 g/mol. The molecule has 0 rings (SSSR count). The Morgan fingerprint density at radius 2 is 0.744 bits per heavy atom. The molecule has 0 heterocycles. The van der Waals surface area contributed by atoms with E-state index in [0.717, 1.165) is 103 Å². The SMILES string of the molecule is CC/C=C\C/C=C\C/C=C\C/C=C\C/C=C\C/C=C\C/C=C\C/C=C\CCCCCCCCCCC(=O)NC(COP(=O)(O)OCC[N+](C)(C)C)C(O)/C=C/CC/C=C/CCCCCCCCCCCCCCCCCCCCCCC. The first-order valence-electron chi connectivity index (χ1n) is 33.9. The van der Waals surface area contributed by atoms with Crippen molar-refractivity contribution in [2.75, 3.05) is 40.9 Å². The van der Waals surface area contributed by atoms with E-state index in [4.69, 9.17) is 9.05 Å². The van der Waals surface area contributed by atoms with Crippen LogP contribution in [0.3, 0.4) is 0 Å². The Bertz CT molecular complexity index is 1750. The van der Waals surface area contributed by atoms with Crippen molar-refractivity contribution in [2.45, 2.75) is 296 Å². The van der Waals surface area contributed by atoms with Crippen LogP contribution < -0.4 is 5.32 Å². The Balaban J connectivity index is 4.21. The van der Waals surface area contributed by atoms with E-state index in [1.54, 1.807) is 6.08 Å². The molecule has 0 aliphatic carbocycles. The van der Waals surface area contributed by atoms with Crippen molar-refractivity contribution < 1.29 is 32.9 Å². The molecule has 0 aromatic heterocycles. The second-order valence-electron chi connectivity index (χ2n) is 23.8. The van der Waals surface area contributed by atoms with E-state index < -0.39 is 20.0 Å². The van der Waals surface area contributed by atoms with Gasteiger partial charge in [0, 0.05) is 6.42 Å². The van der Waals surface area contributed by atoms with Gasteiger partial charge in [-0.3, -0.25) is 13.8 Å². The minimum Gasteiger partial charge on any atom is -0.387 e. The van der Waals surface area contributed by atoms with Gasteiger partial charge in [-0.15, -0.1) is 0 Å². The number of unbranched alkanes of at least 4 members (excludes halogenated alkanes) is 30. The first-order chi connectivity index (χ1) is 40.0. The number of phosphoric acid groups is 1. The molecule has 3 unspecified atom stereocenters. The number of rotatable bonds is 61.